The van der Waals surface area contributed by atoms with E-state index in [2.05, 4.69) is 5.32 Å². The average Bonchev–Trinajstić information content (AvgIpc) is 2.75. The van der Waals surface area contributed by atoms with Crippen LogP contribution in [-0.2, 0) is 9.59 Å². The third-order valence-electron chi connectivity index (χ3n) is 4.23. The zero-order chi connectivity index (χ0) is 15.5. The second-order valence-corrected chi connectivity index (χ2v) is 7.36. The monoisotopic (exact) mass is 338 g/mol. The van der Waals surface area contributed by atoms with Crippen molar-refractivity contribution in [3.05, 3.63) is 29.3 Å². The molecule has 2 heterocycles. The zero-order valence-corrected chi connectivity index (χ0v) is 13.8. The Morgan fingerprint density at radius 2 is 2.05 bits per heavy atom. The molecule has 2 atom stereocenters. The molecule has 3 rings (SSSR count). The Morgan fingerprint density at radius 3 is 2.82 bits per heavy atom. The van der Waals surface area contributed by atoms with Crippen LogP contribution in [0.2, 0.25) is 5.02 Å². The number of hydrogen-bond donors (Lipinski definition) is 1. The molecule has 0 radical (unpaired) electrons. The molecule has 118 valence electrons. The smallest absolute Gasteiger partial charge is 0.233 e. The molecule has 2 bridgehead atoms. The van der Waals surface area contributed by atoms with Crippen molar-refractivity contribution in [2.75, 3.05) is 18.8 Å². The molecule has 0 saturated carbocycles. The molecule has 2 fully saturated rings. The van der Waals surface area contributed by atoms with E-state index in [1.807, 2.05) is 29.2 Å². The quantitative estimate of drug-likeness (QED) is 0.862. The molecule has 6 heteroatoms. The molecule has 0 aromatic heterocycles. The number of carbonyl (C=O) groups is 2. The van der Waals surface area contributed by atoms with E-state index in [9.17, 15) is 9.59 Å². The van der Waals surface area contributed by atoms with Crippen LogP contribution in [0, 0.1) is 5.92 Å². The summed E-state index contributed by atoms with van der Waals surface area (Å²) in [5.41, 5.74) is 0. The van der Waals surface area contributed by atoms with Gasteiger partial charge in [0.1, 0.15) is 0 Å². The van der Waals surface area contributed by atoms with Crippen molar-refractivity contribution >= 4 is 35.2 Å². The van der Waals surface area contributed by atoms with Crippen LogP contribution in [0.25, 0.3) is 0 Å². The Morgan fingerprint density at radius 1 is 1.27 bits per heavy atom. The summed E-state index contributed by atoms with van der Waals surface area (Å²) in [4.78, 5) is 27.4. The Labute approximate surface area is 139 Å². The van der Waals surface area contributed by atoms with E-state index >= 15 is 0 Å². The molecule has 1 aromatic carbocycles. The van der Waals surface area contributed by atoms with Crippen LogP contribution in [0.4, 0.5) is 0 Å². The first-order chi connectivity index (χ1) is 10.6. The third-order valence-corrected chi connectivity index (χ3v) is 5.48. The number of nitrogens with zero attached hydrogens (tertiary/aromatic N) is 1. The van der Waals surface area contributed by atoms with Gasteiger partial charge in [-0.2, -0.15) is 0 Å². The normalized spacial score (nSPS) is 24.6. The highest BCUT2D eigenvalue weighted by Crippen LogP contribution is 2.24. The van der Waals surface area contributed by atoms with Gasteiger partial charge in [-0.15, -0.1) is 11.8 Å². The summed E-state index contributed by atoms with van der Waals surface area (Å²) in [6.07, 6.45) is 2.92. The highest BCUT2D eigenvalue weighted by Gasteiger charge is 2.34. The second kappa shape index (κ2) is 6.92. The van der Waals surface area contributed by atoms with Crippen molar-refractivity contribution in [3.8, 4) is 0 Å². The van der Waals surface area contributed by atoms with Gasteiger partial charge in [0.25, 0.3) is 0 Å². The molecule has 2 amide bonds. The maximum Gasteiger partial charge on any atom is 0.233 e. The Kier molecular flexibility index (Phi) is 4.93. The maximum absolute atomic E-state index is 12.5. The van der Waals surface area contributed by atoms with E-state index in [1.54, 1.807) is 0 Å². The van der Waals surface area contributed by atoms with Gasteiger partial charge in [-0.1, -0.05) is 18.0 Å². The summed E-state index contributed by atoms with van der Waals surface area (Å²) in [5, 5.41) is 3.75. The van der Waals surface area contributed by atoms with Crippen LogP contribution in [-0.4, -0.2) is 41.6 Å². The van der Waals surface area contributed by atoms with Crippen LogP contribution in [0.5, 0.6) is 0 Å². The van der Waals surface area contributed by atoms with Gasteiger partial charge in [0, 0.05) is 29.0 Å². The van der Waals surface area contributed by atoms with Crippen molar-refractivity contribution < 1.29 is 9.59 Å². The van der Waals surface area contributed by atoms with E-state index in [0.717, 1.165) is 24.2 Å². The molecule has 22 heavy (non-hydrogen) atoms. The number of nitrogens with one attached hydrogen (secondary N) is 1. The van der Waals surface area contributed by atoms with Crippen molar-refractivity contribution in [2.24, 2.45) is 5.92 Å². The van der Waals surface area contributed by atoms with Crippen LogP contribution >= 0.6 is 23.4 Å². The van der Waals surface area contributed by atoms with Gasteiger partial charge in [0.15, 0.2) is 0 Å². The lowest BCUT2D eigenvalue weighted by atomic mass is 9.99. The van der Waals surface area contributed by atoms with Gasteiger partial charge in [-0.3, -0.25) is 9.59 Å². The lowest BCUT2D eigenvalue weighted by Gasteiger charge is -2.27. The van der Waals surface area contributed by atoms with Crippen molar-refractivity contribution in [1.82, 2.24) is 10.2 Å². The van der Waals surface area contributed by atoms with Crippen molar-refractivity contribution in [2.45, 2.75) is 30.2 Å². The average molecular weight is 339 g/mol. The van der Waals surface area contributed by atoms with Gasteiger partial charge in [0.2, 0.25) is 11.8 Å². The summed E-state index contributed by atoms with van der Waals surface area (Å²) < 4.78 is 0. The molecule has 0 aliphatic carbocycles. The third kappa shape index (κ3) is 3.76. The highest BCUT2D eigenvalue weighted by atomic mass is 35.5. The summed E-state index contributed by atoms with van der Waals surface area (Å²) in [7, 11) is 0. The SMILES string of the molecule is O=C1N[C@@H]2CCC[C@H]1CN(C(=O)CSc1ccc(Cl)cc1)C2. The molecule has 1 aromatic rings. The number of fused-ring (bicyclic) bond motifs is 3. The van der Waals surface area contributed by atoms with Gasteiger partial charge in [-0.05, 0) is 37.1 Å². The van der Waals surface area contributed by atoms with Crippen molar-refractivity contribution in [1.29, 1.82) is 0 Å². The van der Waals surface area contributed by atoms with E-state index < -0.39 is 0 Å². The fourth-order valence-electron chi connectivity index (χ4n) is 3.02. The highest BCUT2D eigenvalue weighted by molar-refractivity contribution is 8.00. The van der Waals surface area contributed by atoms with E-state index in [4.69, 9.17) is 11.6 Å². The molecule has 2 aliphatic rings. The summed E-state index contributed by atoms with van der Waals surface area (Å²) in [6, 6.07) is 7.61. The van der Waals surface area contributed by atoms with Crippen LogP contribution in [0.15, 0.2) is 29.2 Å². The standard InChI is InChI=1S/C16H19ClN2O2S/c17-12-4-6-14(7-5-12)22-10-15(20)19-8-11-2-1-3-13(9-19)18-16(11)21/h4-7,11,13H,1-3,8-10H2,(H,18,21)/t11-,13+/m0/s1. The fraction of sp³-hybridized carbons (Fsp3) is 0.500. The molecular weight excluding hydrogens is 320 g/mol. The van der Waals surface area contributed by atoms with Crippen LogP contribution in [0.3, 0.4) is 0 Å². The predicted octanol–water partition coefficient (Wildman–Crippen LogP) is 2.56. The number of thioether (sulfide) groups is 1. The minimum atomic E-state index is -0.0445. The van der Waals surface area contributed by atoms with Crippen LogP contribution in [0.1, 0.15) is 19.3 Å². The van der Waals surface area contributed by atoms with Gasteiger partial charge < -0.3 is 10.2 Å². The summed E-state index contributed by atoms with van der Waals surface area (Å²) >= 11 is 7.37. The van der Waals surface area contributed by atoms with E-state index in [1.165, 1.54) is 11.8 Å². The Hall–Kier alpha value is -1.20. The van der Waals surface area contributed by atoms with Gasteiger partial charge in [0.05, 0.1) is 11.7 Å². The Bertz CT molecular complexity index is 564. The molecule has 2 aliphatic heterocycles. The van der Waals surface area contributed by atoms with Crippen LogP contribution < -0.4 is 5.32 Å². The molecule has 0 unspecified atom stereocenters. The maximum atomic E-state index is 12.5. The second-order valence-electron chi connectivity index (χ2n) is 5.87. The minimum Gasteiger partial charge on any atom is -0.351 e. The van der Waals surface area contributed by atoms with E-state index in [0.29, 0.717) is 23.9 Å². The number of halogens is 1. The number of hydrogen-bond acceptors (Lipinski definition) is 3. The van der Waals surface area contributed by atoms with E-state index in [-0.39, 0.29) is 23.8 Å². The summed E-state index contributed by atoms with van der Waals surface area (Å²) in [5.74, 6) is 0.573. The largest absolute Gasteiger partial charge is 0.351 e. The lowest BCUT2D eigenvalue weighted by Crippen LogP contribution is -2.42. The fourth-order valence-corrected chi connectivity index (χ4v) is 3.95. The van der Waals surface area contributed by atoms with Crippen molar-refractivity contribution in [3.63, 3.8) is 0 Å². The zero-order valence-electron chi connectivity index (χ0n) is 12.3. The molecule has 0 spiro atoms. The number of amides is 2. The predicted molar refractivity (Wildman–Crippen MR) is 88.0 cm³/mol. The minimum absolute atomic E-state index is 0.0445. The number of rotatable bonds is 3. The summed E-state index contributed by atoms with van der Waals surface area (Å²) in [6.45, 7) is 1.20. The number of benzene rings is 1. The molecule has 4 nitrogen and oxygen atoms in total. The van der Waals surface area contributed by atoms with Gasteiger partial charge in [-0.25, -0.2) is 0 Å². The number of carbonyl (C=O) groups excluding carboxylic acids is 2. The molecule has 2 saturated heterocycles. The van der Waals surface area contributed by atoms with Gasteiger partial charge >= 0.3 is 0 Å². The molecule has 1 N–H and O–H groups in total. The molecular formula is C16H19ClN2O2S. The Balaban J connectivity index is 1.60. The first-order valence-corrected chi connectivity index (χ1v) is 8.94. The topological polar surface area (TPSA) is 49.4 Å². The first-order valence-electron chi connectivity index (χ1n) is 7.58. The lowest BCUT2D eigenvalue weighted by molar-refractivity contribution is -0.129. The number of likely N-dealkylation sites (tertiary alicyclic amines) is 1. The first kappa shape index (κ1) is 15.7.